The Morgan fingerprint density at radius 1 is 0.909 bits per heavy atom. The van der Waals surface area contributed by atoms with Crippen LogP contribution >= 0.6 is 0 Å². The van der Waals surface area contributed by atoms with Gasteiger partial charge in [-0.25, -0.2) is 0 Å². The lowest BCUT2D eigenvalue weighted by Gasteiger charge is -1.80. The molecule has 68 valence electrons. The molecule has 0 aliphatic rings. The Bertz CT molecular complexity index is 87.1. The topological polar surface area (TPSA) is 115 Å². The van der Waals surface area contributed by atoms with E-state index in [1.807, 2.05) is 0 Å². The molecule has 6 heteroatoms. The monoisotopic (exact) mass is 168 g/mol. The summed E-state index contributed by atoms with van der Waals surface area (Å²) in [5.41, 5.74) is 0. The molecule has 0 aliphatic carbocycles. The third-order valence-corrected chi connectivity index (χ3v) is 0.302. The van der Waals surface area contributed by atoms with Gasteiger partial charge in [0.2, 0.25) is 0 Å². The molecule has 0 aromatic rings. The summed E-state index contributed by atoms with van der Waals surface area (Å²) in [6.45, 7) is 0. The minimum absolute atomic E-state index is 0.806. The second-order valence-electron chi connectivity index (χ2n) is 0.964. The predicted octanol–water partition coefficient (Wildman–Crippen LogP) is -1.24. The van der Waals surface area contributed by atoms with Crippen LogP contribution in [0.15, 0.2) is 0 Å². The van der Waals surface area contributed by atoms with Gasteiger partial charge in [-0.05, 0) is 0 Å². The summed E-state index contributed by atoms with van der Waals surface area (Å²) in [5.74, 6) is -2.62. The van der Waals surface area contributed by atoms with E-state index < -0.39 is 18.4 Å². The number of aliphatic hydroxyl groups is 2. The van der Waals surface area contributed by atoms with E-state index >= 15 is 0 Å². The molecule has 0 spiro atoms. The lowest BCUT2D eigenvalue weighted by Crippen LogP contribution is -2.03. The first-order valence-corrected chi connectivity index (χ1v) is 2.46. The quantitative estimate of drug-likeness (QED) is 0.383. The number of carboxylic acid groups (broad SMARTS) is 2. The molecule has 0 aromatic carbocycles. The molecule has 0 saturated carbocycles. The zero-order valence-electron chi connectivity index (χ0n) is 6.31. The molecule has 0 saturated heterocycles. The lowest BCUT2D eigenvalue weighted by atomic mass is 10.5. The summed E-state index contributed by atoms with van der Waals surface area (Å²) >= 11 is 0. The average Bonchev–Trinajstić information content (AvgIpc) is 1.93. The first kappa shape index (κ1) is 16.4. The molecule has 4 N–H and O–H groups in total. The summed E-state index contributed by atoms with van der Waals surface area (Å²) in [5, 5.41) is 29.4. The molecule has 0 atom stereocenters. The predicted molar refractivity (Wildman–Crippen MR) is 36.2 cm³/mol. The number of hydrogen-bond acceptors (Lipinski definition) is 4. The number of aliphatic carboxylic acids is 2. The second kappa shape index (κ2) is 15.9. The summed E-state index contributed by atoms with van der Waals surface area (Å²) in [4.78, 5) is 18.9. The molecule has 6 nitrogen and oxygen atoms in total. The standard InChI is InChI=1S/C3H4O4.2CH4O/c4-2(5)1-3(6)7;2*1-2/h1H2,(H,4,5)(H,6,7);2*2H,1H3. The van der Waals surface area contributed by atoms with Crippen molar-refractivity contribution in [2.45, 2.75) is 6.42 Å². The van der Waals surface area contributed by atoms with Gasteiger partial charge < -0.3 is 20.4 Å². The fourth-order valence-electron chi connectivity index (χ4n) is 0.129. The third-order valence-electron chi connectivity index (χ3n) is 0.302. The van der Waals surface area contributed by atoms with Crippen LogP contribution in [0.25, 0.3) is 0 Å². The van der Waals surface area contributed by atoms with Gasteiger partial charge in [-0.1, -0.05) is 0 Å². The van der Waals surface area contributed by atoms with Crippen molar-refractivity contribution < 1.29 is 30.0 Å². The first-order valence-electron chi connectivity index (χ1n) is 2.46. The Morgan fingerprint density at radius 2 is 1.09 bits per heavy atom. The van der Waals surface area contributed by atoms with Gasteiger partial charge in [-0.15, -0.1) is 0 Å². The molecule has 0 radical (unpaired) electrons. The zero-order chi connectivity index (χ0) is 9.86. The number of carboxylic acids is 2. The van der Waals surface area contributed by atoms with E-state index in [-0.39, 0.29) is 0 Å². The maximum absolute atomic E-state index is 9.43. The SMILES string of the molecule is CO.CO.O=C(O)CC(=O)O. The van der Waals surface area contributed by atoms with Gasteiger partial charge in [0.25, 0.3) is 0 Å². The fraction of sp³-hybridized carbons (Fsp3) is 0.600. The number of aliphatic hydroxyl groups excluding tert-OH is 2. The first-order chi connectivity index (χ1) is 5.13. The van der Waals surface area contributed by atoms with Crippen LogP contribution in [0.4, 0.5) is 0 Å². The van der Waals surface area contributed by atoms with Gasteiger partial charge in [0, 0.05) is 14.2 Å². The van der Waals surface area contributed by atoms with Crippen LogP contribution in [0.2, 0.25) is 0 Å². The molecule has 0 aliphatic heterocycles. The molecular formula is C5H12O6. The highest BCUT2D eigenvalue weighted by Crippen LogP contribution is 1.74. The average molecular weight is 168 g/mol. The molecule has 0 aromatic heterocycles. The van der Waals surface area contributed by atoms with Gasteiger partial charge >= 0.3 is 11.9 Å². The Kier molecular flexibility index (Phi) is 23.8. The highest BCUT2D eigenvalue weighted by atomic mass is 16.4. The van der Waals surface area contributed by atoms with Crippen molar-refractivity contribution in [1.29, 1.82) is 0 Å². The highest BCUT2D eigenvalue weighted by Gasteiger charge is 2.01. The van der Waals surface area contributed by atoms with Crippen LogP contribution in [0, 0.1) is 0 Å². The molecule has 0 unspecified atom stereocenters. The molecule has 0 heterocycles. The van der Waals surface area contributed by atoms with Gasteiger partial charge in [-0.3, -0.25) is 9.59 Å². The molecule has 11 heavy (non-hydrogen) atoms. The van der Waals surface area contributed by atoms with Crippen molar-refractivity contribution in [1.82, 2.24) is 0 Å². The van der Waals surface area contributed by atoms with E-state index in [4.69, 9.17) is 20.4 Å². The summed E-state index contributed by atoms with van der Waals surface area (Å²) in [7, 11) is 2.00. The minimum atomic E-state index is -1.31. The van der Waals surface area contributed by atoms with Crippen LogP contribution in [-0.2, 0) is 9.59 Å². The maximum Gasteiger partial charge on any atom is 0.314 e. The largest absolute Gasteiger partial charge is 0.481 e. The van der Waals surface area contributed by atoms with Crippen molar-refractivity contribution in [3.05, 3.63) is 0 Å². The van der Waals surface area contributed by atoms with Gasteiger partial charge in [-0.2, -0.15) is 0 Å². The van der Waals surface area contributed by atoms with Crippen molar-refractivity contribution in [2.24, 2.45) is 0 Å². The zero-order valence-corrected chi connectivity index (χ0v) is 6.31. The maximum atomic E-state index is 9.43. The molecule has 0 bridgehead atoms. The van der Waals surface area contributed by atoms with Crippen molar-refractivity contribution in [2.75, 3.05) is 14.2 Å². The van der Waals surface area contributed by atoms with E-state index in [9.17, 15) is 9.59 Å². The normalized spacial score (nSPS) is 6.18. The van der Waals surface area contributed by atoms with Crippen molar-refractivity contribution in [3.63, 3.8) is 0 Å². The van der Waals surface area contributed by atoms with E-state index in [1.54, 1.807) is 0 Å². The van der Waals surface area contributed by atoms with Gasteiger partial charge in [0.05, 0.1) is 0 Å². The lowest BCUT2D eigenvalue weighted by molar-refractivity contribution is -0.147. The minimum Gasteiger partial charge on any atom is -0.481 e. The van der Waals surface area contributed by atoms with Crippen LogP contribution in [0.1, 0.15) is 6.42 Å². The van der Waals surface area contributed by atoms with Crippen molar-refractivity contribution in [3.8, 4) is 0 Å². The van der Waals surface area contributed by atoms with Crippen LogP contribution < -0.4 is 0 Å². The summed E-state index contributed by atoms with van der Waals surface area (Å²) in [6, 6.07) is 0. The van der Waals surface area contributed by atoms with E-state index in [0.717, 1.165) is 14.2 Å². The van der Waals surface area contributed by atoms with E-state index in [1.165, 1.54) is 0 Å². The van der Waals surface area contributed by atoms with Crippen molar-refractivity contribution >= 4 is 11.9 Å². The Hall–Kier alpha value is -1.14. The van der Waals surface area contributed by atoms with E-state index in [0.29, 0.717) is 0 Å². The third kappa shape index (κ3) is 51.0. The van der Waals surface area contributed by atoms with E-state index in [2.05, 4.69) is 0 Å². The van der Waals surface area contributed by atoms with Gasteiger partial charge in [0.15, 0.2) is 0 Å². The molecule has 0 rings (SSSR count). The van der Waals surface area contributed by atoms with Crippen LogP contribution in [-0.4, -0.2) is 46.6 Å². The number of rotatable bonds is 2. The van der Waals surface area contributed by atoms with Gasteiger partial charge in [0.1, 0.15) is 6.42 Å². The molecular weight excluding hydrogens is 156 g/mol. The fourth-order valence-corrected chi connectivity index (χ4v) is 0.129. The molecule has 0 amide bonds. The Labute approximate surface area is 63.7 Å². The number of hydrogen-bond donors (Lipinski definition) is 4. The molecule has 0 fully saturated rings. The Balaban J connectivity index is -0.000000138. The smallest absolute Gasteiger partial charge is 0.314 e. The number of carbonyl (C=O) groups is 2. The van der Waals surface area contributed by atoms with Crippen LogP contribution in [0.3, 0.4) is 0 Å². The summed E-state index contributed by atoms with van der Waals surface area (Å²) in [6.07, 6.45) is -0.806. The summed E-state index contributed by atoms with van der Waals surface area (Å²) < 4.78 is 0. The second-order valence-corrected chi connectivity index (χ2v) is 0.964. The van der Waals surface area contributed by atoms with Crippen LogP contribution in [0.5, 0.6) is 0 Å². The Morgan fingerprint density at radius 3 is 1.09 bits per heavy atom. The highest BCUT2D eigenvalue weighted by molar-refractivity contribution is 5.88.